The number of anilines is 1. The summed E-state index contributed by atoms with van der Waals surface area (Å²) in [5, 5.41) is 13.8. The highest BCUT2D eigenvalue weighted by Gasteiger charge is 2.28. The number of tetrazole rings is 1. The highest BCUT2D eigenvalue weighted by atomic mass is 19.1. The van der Waals surface area contributed by atoms with Crippen molar-refractivity contribution in [3.63, 3.8) is 0 Å². The first kappa shape index (κ1) is 23.3. The summed E-state index contributed by atoms with van der Waals surface area (Å²) in [5.74, 6) is 0.248. The number of nitrogens with one attached hydrogen (secondary N) is 2. The molecule has 3 aromatic heterocycles. The van der Waals surface area contributed by atoms with Gasteiger partial charge in [-0.05, 0) is 70.8 Å². The minimum absolute atomic E-state index is 0.205. The zero-order valence-electron chi connectivity index (χ0n) is 20.1. The van der Waals surface area contributed by atoms with Gasteiger partial charge < -0.3 is 14.3 Å². The van der Waals surface area contributed by atoms with Crippen LogP contribution in [0.4, 0.5) is 14.9 Å². The first-order valence-corrected chi connectivity index (χ1v) is 11.8. The summed E-state index contributed by atoms with van der Waals surface area (Å²) >= 11 is 0. The Hall–Kier alpha value is -5.13. The molecule has 0 fully saturated rings. The van der Waals surface area contributed by atoms with E-state index >= 15 is 0 Å². The van der Waals surface area contributed by atoms with Gasteiger partial charge in [-0.15, -0.1) is 5.10 Å². The predicted molar refractivity (Wildman–Crippen MR) is 135 cm³/mol. The number of hydrogen-bond donors (Lipinski definition) is 2. The number of amides is 1. The number of halogens is 1. The molecular formula is C26H21FN8O3. The summed E-state index contributed by atoms with van der Waals surface area (Å²) in [4.78, 5) is 32.6. The molecule has 1 aliphatic rings. The number of nitrogens with zero attached hydrogens (tertiary/aromatic N) is 6. The largest absolute Gasteiger partial charge is 0.453 e. The Morgan fingerprint density at radius 1 is 1.13 bits per heavy atom. The Bertz CT molecular complexity index is 1690. The van der Waals surface area contributed by atoms with Gasteiger partial charge in [0.05, 0.1) is 30.7 Å². The molecule has 0 aliphatic carbocycles. The van der Waals surface area contributed by atoms with Crippen molar-refractivity contribution in [2.75, 3.05) is 12.4 Å². The van der Waals surface area contributed by atoms with Crippen LogP contribution in [0.1, 0.15) is 24.0 Å². The number of aryl methyl sites for hydroxylation is 1. The number of H-pyrrole nitrogens is 1. The van der Waals surface area contributed by atoms with Crippen LogP contribution in [-0.4, -0.2) is 47.9 Å². The predicted octanol–water partition coefficient (Wildman–Crippen LogP) is 3.73. The average molecular weight is 513 g/mol. The Balaban J connectivity index is 1.30. The normalized spacial score (nSPS) is 14.3. The molecule has 0 unspecified atom stereocenters. The summed E-state index contributed by atoms with van der Waals surface area (Å²) in [6.07, 6.45) is 3.95. The number of carbonyl (C=O) groups is 1. The van der Waals surface area contributed by atoms with Crippen LogP contribution in [0, 0.1) is 5.82 Å². The van der Waals surface area contributed by atoms with Gasteiger partial charge in [0.15, 0.2) is 0 Å². The van der Waals surface area contributed by atoms with Crippen LogP contribution >= 0.6 is 0 Å². The monoisotopic (exact) mass is 512 g/mol. The molecule has 0 saturated carbocycles. The molecule has 0 radical (unpaired) electrons. The van der Waals surface area contributed by atoms with Gasteiger partial charge in [-0.2, -0.15) is 4.68 Å². The molecule has 1 atom stereocenters. The number of carbonyl (C=O) groups excluding carboxylic acids is 1. The van der Waals surface area contributed by atoms with Crippen molar-refractivity contribution >= 4 is 11.8 Å². The second-order valence-electron chi connectivity index (χ2n) is 8.79. The summed E-state index contributed by atoms with van der Waals surface area (Å²) < 4.78 is 22.0. The van der Waals surface area contributed by atoms with Crippen LogP contribution in [0.15, 0.2) is 71.9 Å². The first-order chi connectivity index (χ1) is 18.5. The molecule has 4 heterocycles. The van der Waals surface area contributed by atoms with Gasteiger partial charge in [-0.1, -0.05) is 12.1 Å². The number of methoxy groups -OCH3 is 1. The van der Waals surface area contributed by atoms with Crippen LogP contribution < -0.4 is 10.9 Å². The van der Waals surface area contributed by atoms with Gasteiger partial charge in [0, 0.05) is 23.0 Å². The maximum absolute atomic E-state index is 14.2. The molecule has 12 heteroatoms. The fourth-order valence-electron chi connectivity index (χ4n) is 4.77. The van der Waals surface area contributed by atoms with E-state index in [0.29, 0.717) is 41.2 Å². The van der Waals surface area contributed by atoms with Gasteiger partial charge >= 0.3 is 6.09 Å². The highest BCUT2D eigenvalue weighted by Crippen LogP contribution is 2.33. The van der Waals surface area contributed by atoms with E-state index in [-0.39, 0.29) is 11.6 Å². The Labute approximate surface area is 214 Å². The van der Waals surface area contributed by atoms with Crippen molar-refractivity contribution in [3.05, 3.63) is 94.8 Å². The lowest BCUT2D eigenvalue weighted by atomic mass is 10.0. The third-order valence-corrected chi connectivity index (χ3v) is 6.54. The molecule has 0 bridgehead atoms. The lowest BCUT2D eigenvalue weighted by Gasteiger charge is -2.14. The van der Waals surface area contributed by atoms with Crippen molar-refractivity contribution in [3.8, 4) is 28.1 Å². The van der Waals surface area contributed by atoms with Gasteiger partial charge in [-0.25, -0.2) is 14.2 Å². The van der Waals surface area contributed by atoms with Crippen LogP contribution in [-0.2, 0) is 11.2 Å². The van der Waals surface area contributed by atoms with Gasteiger partial charge in [-0.3, -0.25) is 10.1 Å². The summed E-state index contributed by atoms with van der Waals surface area (Å²) in [5.41, 5.74) is 4.57. The molecule has 1 amide bonds. The van der Waals surface area contributed by atoms with E-state index in [4.69, 9.17) is 0 Å². The molecule has 2 aromatic carbocycles. The lowest BCUT2D eigenvalue weighted by Crippen LogP contribution is -2.23. The minimum Gasteiger partial charge on any atom is -0.453 e. The molecule has 2 N–H and O–H groups in total. The van der Waals surface area contributed by atoms with Crippen molar-refractivity contribution in [2.45, 2.75) is 18.9 Å². The van der Waals surface area contributed by atoms with E-state index in [9.17, 15) is 14.0 Å². The summed E-state index contributed by atoms with van der Waals surface area (Å²) in [7, 11) is 1.30. The SMILES string of the molecule is COC(=O)Nc1ccc(-c2cnc([C@@H]3CCc4cc(-c5cc(F)ccc5-n5cnnn5)cc(=O)n43)[nH]2)cc1. The second kappa shape index (κ2) is 9.39. The Kier molecular flexibility index (Phi) is 5.75. The molecule has 6 rings (SSSR count). The molecule has 11 nitrogen and oxygen atoms in total. The van der Waals surface area contributed by atoms with Gasteiger partial charge in [0.2, 0.25) is 0 Å². The number of aromatic nitrogens is 7. The number of imidazole rings is 1. The summed E-state index contributed by atoms with van der Waals surface area (Å²) in [6, 6.07) is 14.7. The molecule has 190 valence electrons. The van der Waals surface area contributed by atoms with E-state index in [0.717, 1.165) is 17.0 Å². The van der Waals surface area contributed by atoms with Crippen molar-refractivity contribution in [1.82, 2.24) is 34.7 Å². The molecule has 38 heavy (non-hydrogen) atoms. The molecular weight excluding hydrogens is 491 g/mol. The number of fused-ring (bicyclic) bond motifs is 1. The number of hydrogen-bond acceptors (Lipinski definition) is 7. The number of pyridine rings is 1. The van der Waals surface area contributed by atoms with E-state index in [1.165, 1.54) is 36.3 Å². The van der Waals surface area contributed by atoms with E-state index in [1.54, 1.807) is 29.0 Å². The van der Waals surface area contributed by atoms with Crippen LogP contribution in [0.3, 0.4) is 0 Å². The average Bonchev–Trinajstić information content (AvgIpc) is 3.70. The van der Waals surface area contributed by atoms with Crippen molar-refractivity contribution in [1.29, 1.82) is 0 Å². The maximum Gasteiger partial charge on any atom is 0.411 e. The molecule has 0 saturated heterocycles. The standard InChI is InChI=1S/C26H21FN8O3/c1-38-26(37)30-18-5-2-15(3-6-18)21-13-28-25(31-21)23-9-7-19-10-16(11-24(36)35(19)23)20-12-17(27)4-8-22(20)34-14-29-32-33-34/h2-6,8,10-14,23H,7,9H2,1H3,(H,28,31)(H,30,37)/t23-/m0/s1. The molecule has 1 aliphatic heterocycles. The first-order valence-electron chi connectivity index (χ1n) is 11.8. The van der Waals surface area contributed by atoms with Crippen LogP contribution in [0.2, 0.25) is 0 Å². The second-order valence-corrected chi connectivity index (χ2v) is 8.79. The molecule has 5 aromatic rings. The van der Waals surface area contributed by atoms with E-state index < -0.39 is 11.9 Å². The van der Waals surface area contributed by atoms with Crippen LogP contribution in [0.25, 0.3) is 28.1 Å². The highest BCUT2D eigenvalue weighted by molar-refractivity contribution is 5.84. The third kappa shape index (κ3) is 4.21. The number of aromatic amines is 1. The number of benzene rings is 2. The van der Waals surface area contributed by atoms with E-state index in [1.807, 2.05) is 18.2 Å². The fraction of sp³-hybridized carbons (Fsp3) is 0.154. The van der Waals surface area contributed by atoms with Crippen molar-refractivity contribution in [2.24, 2.45) is 0 Å². The molecule has 0 spiro atoms. The number of ether oxygens (including phenoxy) is 1. The Morgan fingerprint density at radius 2 is 1.97 bits per heavy atom. The summed E-state index contributed by atoms with van der Waals surface area (Å²) in [6.45, 7) is 0. The van der Waals surface area contributed by atoms with Gasteiger partial charge in [0.25, 0.3) is 5.56 Å². The minimum atomic E-state index is -0.542. The van der Waals surface area contributed by atoms with E-state index in [2.05, 4.69) is 35.5 Å². The third-order valence-electron chi connectivity index (χ3n) is 6.54. The van der Waals surface area contributed by atoms with Gasteiger partial charge in [0.1, 0.15) is 18.0 Å². The fourth-order valence-corrected chi connectivity index (χ4v) is 4.77. The zero-order valence-corrected chi connectivity index (χ0v) is 20.1. The Morgan fingerprint density at radius 3 is 2.74 bits per heavy atom. The quantitative estimate of drug-likeness (QED) is 0.367. The lowest BCUT2D eigenvalue weighted by molar-refractivity contribution is 0.187. The van der Waals surface area contributed by atoms with Crippen LogP contribution in [0.5, 0.6) is 0 Å². The maximum atomic E-state index is 14.2. The zero-order chi connectivity index (χ0) is 26.2. The number of rotatable bonds is 5. The topological polar surface area (TPSA) is 133 Å². The van der Waals surface area contributed by atoms with Crippen molar-refractivity contribution < 1.29 is 13.9 Å². The smallest absolute Gasteiger partial charge is 0.411 e.